The fraction of sp³-hybridized carbons (Fsp3) is 0.533. The van der Waals surface area contributed by atoms with E-state index in [0.717, 1.165) is 36.5 Å². The predicted octanol–water partition coefficient (Wildman–Crippen LogP) is 3.43. The first-order chi connectivity index (χ1) is 8.24. The number of hydrogen-bond acceptors (Lipinski definition) is 2. The molecule has 2 nitrogen and oxygen atoms in total. The van der Waals surface area contributed by atoms with Crippen LogP contribution in [0.15, 0.2) is 18.2 Å². The number of carbonyl (C=O) groups excluding carboxylic acids is 1. The summed E-state index contributed by atoms with van der Waals surface area (Å²) in [7, 11) is 0. The first kappa shape index (κ1) is 12.2. The van der Waals surface area contributed by atoms with Gasteiger partial charge in [0.2, 0.25) is 0 Å². The van der Waals surface area contributed by atoms with Crippen molar-refractivity contribution in [2.45, 2.75) is 33.1 Å². The molecule has 0 atom stereocenters. The van der Waals surface area contributed by atoms with Crippen molar-refractivity contribution < 1.29 is 4.79 Å². The Kier molecular flexibility index (Phi) is 3.82. The highest BCUT2D eigenvalue weighted by molar-refractivity contribution is 5.85. The van der Waals surface area contributed by atoms with E-state index in [2.05, 4.69) is 24.8 Å². The summed E-state index contributed by atoms with van der Waals surface area (Å²) in [6.07, 6.45) is 4.76. The maximum Gasteiger partial charge on any atom is 0.152 e. The Morgan fingerprint density at radius 3 is 2.65 bits per heavy atom. The SMILES string of the molecule is CCC1CCN(c2cc(C)ccc2C=O)CC1. The minimum absolute atomic E-state index is 0.825. The van der Waals surface area contributed by atoms with Crippen molar-refractivity contribution in [3.63, 3.8) is 0 Å². The lowest BCUT2D eigenvalue weighted by molar-refractivity contribution is 0.112. The van der Waals surface area contributed by atoms with Crippen LogP contribution in [-0.2, 0) is 0 Å². The van der Waals surface area contributed by atoms with Gasteiger partial charge in [-0.05, 0) is 43.4 Å². The molecule has 1 fully saturated rings. The second-order valence-electron chi connectivity index (χ2n) is 5.02. The van der Waals surface area contributed by atoms with E-state index in [9.17, 15) is 4.79 Å². The molecule has 17 heavy (non-hydrogen) atoms. The van der Waals surface area contributed by atoms with Crippen molar-refractivity contribution in [3.05, 3.63) is 29.3 Å². The molecular weight excluding hydrogens is 210 g/mol. The molecule has 1 aromatic rings. The van der Waals surface area contributed by atoms with Gasteiger partial charge in [0.15, 0.2) is 6.29 Å². The zero-order chi connectivity index (χ0) is 12.3. The van der Waals surface area contributed by atoms with Crippen molar-refractivity contribution in [2.24, 2.45) is 5.92 Å². The Balaban J connectivity index is 2.17. The molecule has 0 aliphatic carbocycles. The van der Waals surface area contributed by atoms with Crippen molar-refractivity contribution in [1.82, 2.24) is 0 Å². The van der Waals surface area contributed by atoms with Gasteiger partial charge in [0.25, 0.3) is 0 Å². The first-order valence-electron chi connectivity index (χ1n) is 6.55. The van der Waals surface area contributed by atoms with Gasteiger partial charge in [-0.25, -0.2) is 0 Å². The molecule has 2 rings (SSSR count). The number of carbonyl (C=O) groups is 1. The quantitative estimate of drug-likeness (QED) is 0.743. The third-order valence-electron chi connectivity index (χ3n) is 3.85. The van der Waals surface area contributed by atoms with Crippen LogP contribution >= 0.6 is 0 Å². The summed E-state index contributed by atoms with van der Waals surface area (Å²) in [6.45, 7) is 6.52. The number of rotatable bonds is 3. The van der Waals surface area contributed by atoms with Gasteiger partial charge in [-0.15, -0.1) is 0 Å². The second kappa shape index (κ2) is 5.35. The molecule has 0 spiro atoms. The molecule has 1 saturated heterocycles. The fourth-order valence-corrected chi connectivity index (χ4v) is 2.61. The molecule has 1 aliphatic heterocycles. The van der Waals surface area contributed by atoms with E-state index in [0.29, 0.717) is 0 Å². The summed E-state index contributed by atoms with van der Waals surface area (Å²) in [5, 5.41) is 0. The molecule has 0 saturated carbocycles. The topological polar surface area (TPSA) is 20.3 Å². The Hall–Kier alpha value is -1.31. The lowest BCUT2D eigenvalue weighted by Gasteiger charge is -2.34. The first-order valence-corrected chi connectivity index (χ1v) is 6.55. The summed E-state index contributed by atoms with van der Waals surface area (Å²) < 4.78 is 0. The van der Waals surface area contributed by atoms with Crippen LogP contribution in [0, 0.1) is 12.8 Å². The van der Waals surface area contributed by atoms with Crippen LogP contribution in [0.25, 0.3) is 0 Å². The molecule has 0 N–H and O–H groups in total. The summed E-state index contributed by atoms with van der Waals surface area (Å²) in [6, 6.07) is 6.08. The summed E-state index contributed by atoms with van der Waals surface area (Å²) in [4.78, 5) is 13.4. The predicted molar refractivity (Wildman–Crippen MR) is 71.8 cm³/mol. The van der Waals surface area contributed by atoms with Crippen LogP contribution in [0.4, 0.5) is 5.69 Å². The van der Waals surface area contributed by atoms with Crippen LogP contribution in [-0.4, -0.2) is 19.4 Å². The average molecular weight is 231 g/mol. The number of nitrogens with zero attached hydrogens (tertiary/aromatic N) is 1. The number of aldehydes is 1. The zero-order valence-corrected chi connectivity index (χ0v) is 10.8. The third-order valence-corrected chi connectivity index (χ3v) is 3.85. The highest BCUT2D eigenvalue weighted by Crippen LogP contribution is 2.27. The van der Waals surface area contributed by atoms with Gasteiger partial charge < -0.3 is 4.90 Å². The molecule has 1 aliphatic rings. The average Bonchev–Trinajstić information content (AvgIpc) is 2.39. The van der Waals surface area contributed by atoms with Crippen molar-refractivity contribution in [2.75, 3.05) is 18.0 Å². The number of hydrogen-bond donors (Lipinski definition) is 0. The van der Waals surface area contributed by atoms with Gasteiger partial charge in [0.05, 0.1) is 0 Å². The maximum absolute atomic E-state index is 11.1. The molecule has 0 amide bonds. The zero-order valence-electron chi connectivity index (χ0n) is 10.8. The van der Waals surface area contributed by atoms with E-state index in [1.54, 1.807) is 0 Å². The molecule has 1 heterocycles. The summed E-state index contributed by atoms with van der Waals surface area (Å²) >= 11 is 0. The summed E-state index contributed by atoms with van der Waals surface area (Å²) in [5.41, 5.74) is 3.17. The second-order valence-corrected chi connectivity index (χ2v) is 5.02. The molecule has 0 unspecified atom stereocenters. The molecule has 92 valence electrons. The Morgan fingerprint density at radius 2 is 2.06 bits per heavy atom. The van der Waals surface area contributed by atoms with Gasteiger partial charge >= 0.3 is 0 Å². The highest BCUT2D eigenvalue weighted by atomic mass is 16.1. The van der Waals surface area contributed by atoms with E-state index < -0.39 is 0 Å². The van der Waals surface area contributed by atoms with E-state index in [1.165, 1.54) is 24.8 Å². The molecule has 0 radical (unpaired) electrons. The molecule has 0 bridgehead atoms. The van der Waals surface area contributed by atoms with Gasteiger partial charge in [0.1, 0.15) is 0 Å². The third kappa shape index (κ3) is 2.68. The number of anilines is 1. The Labute approximate surface area is 104 Å². The van der Waals surface area contributed by atoms with Gasteiger partial charge in [-0.1, -0.05) is 19.4 Å². The van der Waals surface area contributed by atoms with E-state index in [-0.39, 0.29) is 0 Å². The normalized spacial score (nSPS) is 17.2. The lowest BCUT2D eigenvalue weighted by Crippen LogP contribution is -2.34. The van der Waals surface area contributed by atoms with Crippen LogP contribution < -0.4 is 4.90 Å². The van der Waals surface area contributed by atoms with Gasteiger partial charge in [-0.2, -0.15) is 0 Å². The maximum atomic E-state index is 11.1. The van der Waals surface area contributed by atoms with Crippen LogP contribution in [0.5, 0.6) is 0 Å². The molecule has 0 aromatic heterocycles. The van der Waals surface area contributed by atoms with Crippen LogP contribution in [0.2, 0.25) is 0 Å². The molecule has 1 aromatic carbocycles. The van der Waals surface area contributed by atoms with E-state index >= 15 is 0 Å². The van der Waals surface area contributed by atoms with Crippen molar-refractivity contribution in [1.29, 1.82) is 0 Å². The monoisotopic (exact) mass is 231 g/mol. The smallest absolute Gasteiger partial charge is 0.152 e. The van der Waals surface area contributed by atoms with Crippen molar-refractivity contribution in [3.8, 4) is 0 Å². The highest BCUT2D eigenvalue weighted by Gasteiger charge is 2.19. The standard InChI is InChI=1S/C15H21NO/c1-3-13-6-8-16(9-7-13)15-10-12(2)4-5-14(15)11-17/h4-5,10-11,13H,3,6-9H2,1-2H3. The Bertz CT molecular complexity index is 392. The van der Waals surface area contributed by atoms with E-state index in [1.807, 2.05) is 12.1 Å². The fourth-order valence-electron chi connectivity index (χ4n) is 2.61. The van der Waals surface area contributed by atoms with Crippen LogP contribution in [0.1, 0.15) is 42.1 Å². The number of aryl methyl sites for hydroxylation is 1. The van der Waals surface area contributed by atoms with Crippen molar-refractivity contribution >= 4 is 12.0 Å². The Morgan fingerprint density at radius 1 is 1.35 bits per heavy atom. The molecular formula is C15H21NO. The lowest BCUT2D eigenvalue weighted by atomic mass is 9.93. The number of benzene rings is 1. The van der Waals surface area contributed by atoms with E-state index in [4.69, 9.17) is 0 Å². The minimum atomic E-state index is 0.825. The number of piperidine rings is 1. The molecule has 2 heteroatoms. The van der Waals surface area contributed by atoms with Crippen LogP contribution in [0.3, 0.4) is 0 Å². The summed E-state index contributed by atoms with van der Waals surface area (Å²) in [5.74, 6) is 0.871. The largest absolute Gasteiger partial charge is 0.371 e. The van der Waals surface area contributed by atoms with Gasteiger partial charge in [0, 0.05) is 24.3 Å². The van der Waals surface area contributed by atoms with Gasteiger partial charge in [-0.3, -0.25) is 4.79 Å². The minimum Gasteiger partial charge on any atom is -0.371 e.